The lowest BCUT2D eigenvalue weighted by Crippen LogP contribution is -2.31. The first-order chi connectivity index (χ1) is 8.08. The normalized spacial score (nSPS) is 15.2. The first kappa shape index (κ1) is 12.7. The zero-order valence-electron chi connectivity index (χ0n) is 10.3. The summed E-state index contributed by atoms with van der Waals surface area (Å²) in [5.74, 6) is 0.685. The largest absolute Gasteiger partial charge is 0.308 e. The van der Waals surface area contributed by atoms with Crippen LogP contribution < -0.4 is 5.32 Å². The molecule has 0 saturated carbocycles. The second-order valence-corrected chi connectivity index (χ2v) is 6.57. The van der Waals surface area contributed by atoms with Gasteiger partial charge in [-0.05, 0) is 13.8 Å². The highest BCUT2D eigenvalue weighted by atomic mass is 32.2. The van der Waals surface area contributed by atoms with Crippen LogP contribution in [0.25, 0.3) is 4.96 Å². The number of nitrogens with one attached hydrogen (secondary N) is 1. The molecule has 2 heterocycles. The van der Waals surface area contributed by atoms with Crippen molar-refractivity contribution in [3.63, 3.8) is 0 Å². The molecule has 2 unspecified atom stereocenters. The molecule has 0 bridgehead atoms. The number of imidazole rings is 1. The molecule has 0 spiro atoms. The second-order valence-electron chi connectivity index (χ2n) is 4.22. The average Bonchev–Trinajstić information content (AvgIpc) is 2.74. The van der Waals surface area contributed by atoms with E-state index in [4.69, 9.17) is 0 Å². The number of hydrogen-bond acceptors (Lipinski definition) is 4. The van der Waals surface area contributed by atoms with Gasteiger partial charge in [-0.2, -0.15) is 0 Å². The maximum Gasteiger partial charge on any atom is 0.194 e. The van der Waals surface area contributed by atoms with Crippen LogP contribution in [0.3, 0.4) is 0 Å². The summed E-state index contributed by atoms with van der Waals surface area (Å²) in [4.78, 5) is 5.53. The molecule has 0 aromatic carbocycles. The molecule has 2 rings (SSSR count). The van der Waals surface area contributed by atoms with E-state index in [0.717, 1.165) is 17.2 Å². The second kappa shape index (κ2) is 5.29. The molecule has 0 aliphatic carbocycles. The first-order valence-electron chi connectivity index (χ1n) is 5.52. The van der Waals surface area contributed by atoms with Gasteiger partial charge in [-0.1, -0.05) is 0 Å². The summed E-state index contributed by atoms with van der Waals surface area (Å²) in [5, 5.41) is 5.43. The van der Waals surface area contributed by atoms with Crippen LogP contribution in [0.1, 0.15) is 18.3 Å². The van der Waals surface area contributed by atoms with Crippen molar-refractivity contribution in [1.82, 2.24) is 14.7 Å². The van der Waals surface area contributed by atoms with E-state index in [-0.39, 0.29) is 6.04 Å². The minimum atomic E-state index is -0.752. The van der Waals surface area contributed by atoms with Gasteiger partial charge >= 0.3 is 0 Å². The Bertz CT molecular complexity index is 532. The molecule has 0 radical (unpaired) electrons. The van der Waals surface area contributed by atoms with Gasteiger partial charge < -0.3 is 5.32 Å². The molecule has 4 nitrogen and oxygen atoms in total. The van der Waals surface area contributed by atoms with E-state index < -0.39 is 10.8 Å². The summed E-state index contributed by atoms with van der Waals surface area (Å²) in [6.45, 7) is 4.85. The SMILES string of the molecule is Cc1nc2sccn2c1CNC(C)CS(C)=O. The summed E-state index contributed by atoms with van der Waals surface area (Å²) in [7, 11) is -0.752. The number of rotatable bonds is 5. The number of fused-ring (bicyclic) bond motifs is 1. The number of hydrogen-bond donors (Lipinski definition) is 1. The summed E-state index contributed by atoms with van der Waals surface area (Å²) in [6.07, 6.45) is 3.78. The minimum Gasteiger partial charge on any atom is -0.308 e. The summed E-state index contributed by atoms with van der Waals surface area (Å²) in [6, 6.07) is 0.254. The van der Waals surface area contributed by atoms with E-state index >= 15 is 0 Å². The minimum absolute atomic E-state index is 0.254. The van der Waals surface area contributed by atoms with Crippen molar-refractivity contribution >= 4 is 27.1 Å². The topological polar surface area (TPSA) is 46.4 Å². The van der Waals surface area contributed by atoms with Crippen LogP contribution in [0.5, 0.6) is 0 Å². The summed E-state index contributed by atoms with van der Waals surface area (Å²) in [5.41, 5.74) is 2.25. The van der Waals surface area contributed by atoms with Gasteiger partial charge in [0.15, 0.2) is 4.96 Å². The molecule has 2 aromatic heterocycles. The van der Waals surface area contributed by atoms with Crippen LogP contribution in [0.2, 0.25) is 0 Å². The highest BCUT2D eigenvalue weighted by Gasteiger charge is 2.11. The molecule has 0 aliphatic heterocycles. The van der Waals surface area contributed by atoms with Crippen molar-refractivity contribution in [3.05, 3.63) is 23.0 Å². The van der Waals surface area contributed by atoms with Crippen LogP contribution in [0, 0.1) is 6.92 Å². The lowest BCUT2D eigenvalue weighted by Gasteiger charge is -2.12. The van der Waals surface area contributed by atoms with E-state index in [9.17, 15) is 4.21 Å². The number of nitrogens with zero attached hydrogens (tertiary/aromatic N) is 2. The van der Waals surface area contributed by atoms with Crippen molar-refractivity contribution in [2.24, 2.45) is 0 Å². The van der Waals surface area contributed by atoms with Crippen molar-refractivity contribution in [2.75, 3.05) is 12.0 Å². The quantitative estimate of drug-likeness (QED) is 0.898. The smallest absolute Gasteiger partial charge is 0.194 e. The maximum atomic E-state index is 11.1. The molecular formula is C11H17N3OS2. The predicted octanol–water partition coefficient (Wildman–Crippen LogP) is 1.56. The number of aryl methyl sites for hydroxylation is 1. The Hall–Kier alpha value is -0.720. The third-order valence-corrected chi connectivity index (χ3v) is 4.39. The molecule has 1 N–H and O–H groups in total. The number of aromatic nitrogens is 2. The fourth-order valence-corrected chi connectivity index (χ4v) is 3.44. The highest BCUT2D eigenvalue weighted by molar-refractivity contribution is 7.84. The molecular weight excluding hydrogens is 254 g/mol. The molecule has 94 valence electrons. The first-order valence-corrected chi connectivity index (χ1v) is 8.13. The lowest BCUT2D eigenvalue weighted by atomic mass is 10.3. The predicted molar refractivity (Wildman–Crippen MR) is 73.0 cm³/mol. The van der Waals surface area contributed by atoms with Crippen LogP contribution in [0.4, 0.5) is 0 Å². The third kappa shape index (κ3) is 2.94. The zero-order valence-corrected chi connectivity index (χ0v) is 11.9. The Balaban J connectivity index is 2.05. The van der Waals surface area contributed by atoms with Gasteiger partial charge in [0.05, 0.1) is 11.4 Å². The monoisotopic (exact) mass is 271 g/mol. The third-order valence-electron chi connectivity index (χ3n) is 2.66. The summed E-state index contributed by atoms with van der Waals surface area (Å²) < 4.78 is 13.2. The lowest BCUT2D eigenvalue weighted by molar-refractivity contribution is 0.577. The van der Waals surface area contributed by atoms with E-state index in [2.05, 4.69) is 21.6 Å². The highest BCUT2D eigenvalue weighted by Crippen LogP contribution is 2.16. The Morgan fingerprint density at radius 3 is 3.12 bits per heavy atom. The Morgan fingerprint density at radius 1 is 1.65 bits per heavy atom. The molecule has 0 aliphatic rings. The van der Waals surface area contributed by atoms with E-state index in [1.807, 2.05) is 18.5 Å². The van der Waals surface area contributed by atoms with Crippen LogP contribution in [-0.2, 0) is 17.3 Å². The van der Waals surface area contributed by atoms with Crippen LogP contribution >= 0.6 is 11.3 Å². The van der Waals surface area contributed by atoms with E-state index in [1.54, 1.807) is 17.6 Å². The van der Waals surface area contributed by atoms with Gasteiger partial charge in [0, 0.05) is 47.0 Å². The molecule has 0 fully saturated rings. The fraction of sp³-hybridized carbons (Fsp3) is 0.545. The number of thiazole rings is 1. The molecule has 0 saturated heterocycles. The maximum absolute atomic E-state index is 11.1. The average molecular weight is 271 g/mol. The van der Waals surface area contributed by atoms with Gasteiger partial charge in [0.25, 0.3) is 0 Å². The van der Waals surface area contributed by atoms with Gasteiger partial charge in [-0.25, -0.2) is 4.98 Å². The van der Waals surface area contributed by atoms with E-state index in [0.29, 0.717) is 5.75 Å². The van der Waals surface area contributed by atoms with Crippen molar-refractivity contribution in [3.8, 4) is 0 Å². The van der Waals surface area contributed by atoms with Gasteiger partial charge in [0.1, 0.15) is 0 Å². The Labute approximate surface area is 108 Å². The molecule has 6 heteroatoms. The van der Waals surface area contributed by atoms with Gasteiger partial charge in [-0.15, -0.1) is 11.3 Å². The Kier molecular flexibility index (Phi) is 3.96. The molecule has 0 amide bonds. The van der Waals surface area contributed by atoms with Crippen molar-refractivity contribution < 1.29 is 4.21 Å². The van der Waals surface area contributed by atoms with Crippen molar-refractivity contribution in [2.45, 2.75) is 26.4 Å². The zero-order chi connectivity index (χ0) is 12.4. The fourth-order valence-electron chi connectivity index (χ4n) is 1.84. The standard InChI is InChI=1S/C11H17N3OS2/c1-8(7-17(3)15)12-6-10-9(2)13-11-14(10)4-5-16-11/h4-5,8,12H,6-7H2,1-3H3. The van der Waals surface area contributed by atoms with E-state index in [1.165, 1.54) is 5.69 Å². The molecule has 2 aromatic rings. The van der Waals surface area contributed by atoms with Crippen LogP contribution in [0.15, 0.2) is 11.6 Å². The summed E-state index contributed by atoms with van der Waals surface area (Å²) >= 11 is 1.64. The van der Waals surface area contributed by atoms with Crippen LogP contribution in [-0.4, -0.2) is 31.6 Å². The van der Waals surface area contributed by atoms with Gasteiger partial charge in [0.2, 0.25) is 0 Å². The molecule has 17 heavy (non-hydrogen) atoms. The van der Waals surface area contributed by atoms with Gasteiger partial charge in [-0.3, -0.25) is 8.61 Å². The molecule has 2 atom stereocenters. The van der Waals surface area contributed by atoms with Crippen molar-refractivity contribution in [1.29, 1.82) is 0 Å². The Morgan fingerprint density at radius 2 is 2.41 bits per heavy atom.